The number of rotatable bonds is 3. The van der Waals surface area contributed by atoms with Crippen LogP contribution in [0, 0.1) is 5.92 Å². The molecule has 0 saturated carbocycles. The number of nitrogen functional groups attached to an aromatic ring is 1. The summed E-state index contributed by atoms with van der Waals surface area (Å²) in [6, 6.07) is 0.502. The molecule has 1 saturated heterocycles. The monoisotopic (exact) mass is 250 g/mol. The van der Waals surface area contributed by atoms with E-state index in [4.69, 9.17) is 5.73 Å². The number of anilines is 3. The number of nitrogens with zero attached hydrogens (tertiary/aromatic N) is 5. The van der Waals surface area contributed by atoms with Gasteiger partial charge in [-0.05, 0) is 18.8 Å². The van der Waals surface area contributed by atoms with Gasteiger partial charge in [0.2, 0.25) is 17.8 Å². The van der Waals surface area contributed by atoms with Crippen LogP contribution in [0.1, 0.15) is 26.7 Å². The molecule has 0 bridgehead atoms. The second kappa shape index (κ2) is 4.96. The first-order valence-corrected chi connectivity index (χ1v) is 6.44. The van der Waals surface area contributed by atoms with Crippen molar-refractivity contribution >= 4 is 17.8 Å². The molecule has 1 aromatic rings. The minimum Gasteiger partial charge on any atom is -0.368 e. The predicted octanol–water partition coefficient (Wildman–Crippen LogP) is 1.14. The van der Waals surface area contributed by atoms with Gasteiger partial charge < -0.3 is 15.5 Å². The molecule has 1 atom stereocenters. The number of aromatic nitrogens is 3. The third-order valence-corrected chi connectivity index (χ3v) is 3.35. The van der Waals surface area contributed by atoms with Crippen LogP contribution in [-0.4, -0.2) is 41.6 Å². The van der Waals surface area contributed by atoms with Crippen molar-refractivity contribution in [2.45, 2.75) is 32.7 Å². The lowest BCUT2D eigenvalue weighted by Crippen LogP contribution is -2.35. The molecule has 18 heavy (non-hydrogen) atoms. The zero-order valence-corrected chi connectivity index (χ0v) is 11.6. The Bertz CT molecular complexity index is 417. The van der Waals surface area contributed by atoms with Gasteiger partial charge in [0.25, 0.3) is 0 Å². The highest BCUT2D eigenvalue weighted by atomic mass is 15.4. The molecule has 6 nitrogen and oxygen atoms in total. The Kier molecular flexibility index (Phi) is 3.54. The van der Waals surface area contributed by atoms with Gasteiger partial charge in [-0.1, -0.05) is 13.8 Å². The summed E-state index contributed by atoms with van der Waals surface area (Å²) in [5.74, 6) is 2.21. The Morgan fingerprint density at radius 1 is 1.28 bits per heavy atom. The fourth-order valence-electron chi connectivity index (χ4n) is 2.43. The van der Waals surface area contributed by atoms with Gasteiger partial charge in [-0.15, -0.1) is 0 Å². The minimum absolute atomic E-state index is 0.290. The molecule has 6 heteroatoms. The lowest BCUT2D eigenvalue weighted by Gasteiger charge is -2.28. The first-order chi connectivity index (χ1) is 8.49. The van der Waals surface area contributed by atoms with Crippen molar-refractivity contribution < 1.29 is 0 Å². The lowest BCUT2D eigenvalue weighted by atomic mass is 10.0. The summed E-state index contributed by atoms with van der Waals surface area (Å²) in [6.45, 7) is 5.47. The summed E-state index contributed by atoms with van der Waals surface area (Å²) < 4.78 is 0. The van der Waals surface area contributed by atoms with Crippen molar-refractivity contribution in [2.24, 2.45) is 5.92 Å². The van der Waals surface area contributed by atoms with Crippen LogP contribution in [0.3, 0.4) is 0 Å². The molecule has 0 radical (unpaired) electrons. The van der Waals surface area contributed by atoms with E-state index in [1.807, 2.05) is 19.0 Å². The molecule has 1 aromatic heterocycles. The SMILES string of the molecule is CC(C)C1CCCN1c1nc(N)nc(N(C)C)n1. The van der Waals surface area contributed by atoms with Crippen molar-refractivity contribution in [3.8, 4) is 0 Å². The van der Waals surface area contributed by atoms with Crippen molar-refractivity contribution in [3.05, 3.63) is 0 Å². The second-order valence-corrected chi connectivity index (χ2v) is 5.34. The highest BCUT2D eigenvalue weighted by molar-refractivity contribution is 5.44. The van der Waals surface area contributed by atoms with Crippen LogP contribution in [0.5, 0.6) is 0 Å². The number of hydrogen-bond donors (Lipinski definition) is 1. The van der Waals surface area contributed by atoms with Gasteiger partial charge in [-0.2, -0.15) is 15.0 Å². The number of nitrogens with two attached hydrogens (primary N) is 1. The Hall–Kier alpha value is -1.59. The third kappa shape index (κ3) is 2.47. The fraction of sp³-hybridized carbons (Fsp3) is 0.750. The van der Waals surface area contributed by atoms with Crippen LogP contribution in [0.15, 0.2) is 0 Å². The van der Waals surface area contributed by atoms with Gasteiger partial charge in [0.15, 0.2) is 0 Å². The van der Waals surface area contributed by atoms with E-state index >= 15 is 0 Å². The van der Waals surface area contributed by atoms with Crippen molar-refractivity contribution in [1.29, 1.82) is 0 Å². The van der Waals surface area contributed by atoms with E-state index in [9.17, 15) is 0 Å². The van der Waals surface area contributed by atoms with Crippen LogP contribution < -0.4 is 15.5 Å². The van der Waals surface area contributed by atoms with Gasteiger partial charge in [0.1, 0.15) is 0 Å². The van der Waals surface area contributed by atoms with Gasteiger partial charge in [0, 0.05) is 26.7 Å². The van der Waals surface area contributed by atoms with Crippen molar-refractivity contribution in [3.63, 3.8) is 0 Å². The van der Waals surface area contributed by atoms with Gasteiger partial charge >= 0.3 is 0 Å². The van der Waals surface area contributed by atoms with E-state index in [0.717, 1.165) is 6.54 Å². The van der Waals surface area contributed by atoms with E-state index < -0.39 is 0 Å². The zero-order valence-electron chi connectivity index (χ0n) is 11.6. The summed E-state index contributed by atoms with van der Waals surface area (Å²) in [5.41, 5.74) is 5.77. The Balaban J connectivity index is 2.32. The molecule has 0 amide bonds. The summed E-state index contributed by atoms with van der Waals surface area (Å²) in [5, 5.41) is 0. The molecule has 2 rings (SSSR count). The normalized spacial score (nSPS) is 19.6. The summed E-state index contributed by atoms with van der Waals surface area (Å²) >= 11 is 0. The topological polar surface area (TPSA) is 71.2 Å². The first-order valence-electron chi connectivity index (χ1n) is 6.44. The smallest absolute Gasteiger partial charge is 0.232 e. The molecule has 1 aliphatic rings. The molecule has 0 spiro atoms. The molecule has 2 heterocycles. The maximum absolute atomic E-state index is 5.77. The lowest BCUT2D eigenvalue weighted by molar-refractivity contribution is 0.487. The highest BCUT2D eigenvalue weighted by Crippen LogP contribution is 2.28. The van der Waals surface area contributed by atoms with Crippen LogP contribution in [0.25, 0.3) is 0 Å². The maximum atomic E-state index is 5.77. The predicted molar refractivity (Wildman–Crippen MR) is 73.8 cm³/mol. The third-order valence-electron chi connectivity index (χ3n) is 3.35. The van der Waals surface area contributed by atoms with Crippen molar-refractivity contribution in [1.82, 2.24) is 15.0 Å². The number of hydrogen-bond acceptors (Lipinski definition) is 6. The molecule has 0 aliphatic carbocycles. The molecule has 100 valence electrons. The van der Waals surface area contributed by atoms with Gasteiger partial charge in [0.05, 0.1) is 0 Å². The average molecular weight is 250 g/mol. The van der Waals surface area contributed by atoms with Gasteiger partial charge in [-0.3, -0.25) is 0 Å². The van der Waals surface area contributed by atoms with E-state index in [1.54, 1.807) is 0 Å². The molecular weight excluding hydrogens is 228 g/mol. The van der Waals surface area contributed by atoms with Gasteiger partial charge in [-0.25, -0.2) is 0 Å². The molecule has 1 unspecified atom stereocenters. The summed E-state index contributed by atoms with van der Waals surface area (Å²) in [6.07, 6.45) is 2.38. The molecule has 2 N–H and O–H groups in total. The standard InChI is InChI=1S/C12H22N6/c1-8(2)9-6-5-7-18(9)12-15-10(13)14-11(16-12)17(3)4/h8-9H,5-7H2,1-4H3,(H2,13,14,15,16). The zero-order chi connectivity index (χ0) is 13.3. The molecular formula is C12H22N6. The van der Waals surface area contributed by atoms with Crippen LogP contribution >= 0.6 is 0 Å². The highest BCUT2D eigenvalue weighted by Gasteiger charge is 2.29. The van der Waals surface area contributed by atoms with E-state index in [2.05, 4.69) is 33.7 Å². The average Bonchev–Trinajstić information content (AvgIpc) is 2.76. The molecule has 1 fully saturated rings. The largest absolute Gasteiger partial charge is 0.368 e. The summed E-state index contributed by atoms with van der Waals surface area (Å²) in [7, 11) is 3.81. The van der Waals surface area contributed by atoms with E-state index in [1.165, 1.54) is 12.8 Å². The summed E-state index contributed by atoms with van der Waals surface area (Å²) in [4.78, 5) is 17.0. The second-order valence-electron chi connectivity index (χ2n) is 5.34. The quantitative estimate of drug-likeness (QED) is 0.867. The van der Waals surface area contributed by atoms with Crippen LogP contribution in [0.4, 0.5) is 17.8 Å². The Morgan fingerprint density at radius 3 is 2.61 bits per heavy atom. The fourth-order valence-corrected chi connectivity index (χ4v) is 2.43. The van der Waals surface area contributed by atoms with E-state index in [-0.39, 0.29) is 5.95 Å². The van der Waals surface area contributed by atoms with Crippen molar-refractivity contribution in [2.75, 3.05) is 36.2 Å². The molecule has 1 aliphatic heterocycles. The van der Waals surface area contributed by atoms with Crippen LogP contribution in [0.2, 0.25) is 0 Å². The minimum atomic E-state index is 0.290. The van der Waals surface area contributed by atoms with E-state index in [0.29, 0.717) is 23.9 Å². The Labute approximate surface area is 108 Å². The maximum Gasteiger partial charge on any atom is 0.232 e. The molecule has 0 aromatic carbocycles. The Morgan fingerprint density at radius 2 is 2.00 bits per heavy atom. The first kappa shape index (κ1) is 12.9. The van der Waals surface area contributed by atoms with Crippen LogP contribution in [-0.2, 0) is 0 Å².